The summed E-state index contributed by atoms with van der Waals surface area (Å²) in [4.78, 5) is 33.9. The molecule has 0 saturated heterocycles. The largest absolute Gasteiger partial charge is 0.493 e. The first kappa shape index (κ1) is 24.0. The van der Waals surface area contributed by atoms with Crippen LogP contribution in [0.5, 0.6) is 5.75 Å². The van der Waals surface area contributed by atoms with Crippen LogP contribution in [0.2, 0.25) is 0 Å². The first-order chi connectivity index (χ1) is 18.5. The Morgan fingerprint density at radius 2 is 1.87 bits per heavy atom. The fourth-order valence-electron chi connectivity index (χ4n) is 4.53. The van der Waals surface area contributed by atoms with E-state index in [1.807, 2.05) is 53.9 Å². The lowest BCUT2D eigenvalue weighted by molar-refractivity contribution is 0.222. The van der Waals surface area contributed by atoms with Crippen molar-refractivity contribution in [3.8, 4) is 10.9 Å². The van der Waals surface area contributed by atoms with Gasteiger partial charge in [-0.2, -0.15) is 9.50 Å². The lowest BCUT2D eigenvalue weighted by atomic mass is 10.2. The highest BCUT2D eigenvalue weighted by atomic mass is 32.1. The number of anilines is 2. The SMILES string of the molecule is CC(COc1ccc(Nc2ncc3c(=O)n4c(nc3n2)c2ccccc2n4-c2nccs2)cc1)CN(C)C. The monoisotopic (exact) mass is 526 g/mol. The molecular weight excluding hydrogens is 500 g/mol. The van der Waals surface area contributed by atoms with Crippen molar-refractivity contribution in [1.29, 1.82) is 0 Å². The van der Waals surface area contributed by atoms with E-state index >= 15 is 0 Å². The molecule has 11 heteroatoms. The van der Waals surface area contributed by atoms with E-state index in [1.54, 1.807) is 15.4 Å². The van der Waals surface area contributed by atoms with Gasteiger partial charge in [-0.15, -0.1) is 11.3 Å². The van der Waals surface area contributed by atoms with Crippen molar-refractivity contribution in [3.05, 3.63) is 76.7 Å². The third kappa shape index (κ3) is 4.46. The van der Waals surface area contributed by atoms with E-state index < -0.39 is 0 Å². The molecule has 0 bridgehead atoms. The van der Waals surface area contributed by atoms with Crippen molar-refractivity contribution in [2.24, 2.45) is 5.92 Å². The van der Waals surface area contributed by atoms with Gasteiger partial charge in [0.05, 0.1) is 12.1 Å². The van der Waals surface area contributed by atoms with Crippen molar-refractivity contribution in [2.45, 2.75) is 6.92 Å². The van der Waals surface area contributed by atoms with Crippen LogP contribution in [0.25, 0.3) is 32.7 Å². The maximum absolute atomic E-state index is 13.6. The topological polar surface area (TPSA) is 102 Å². The minimum Gasteiger partial charge on any atom is -0.493 e. The number of nitrogens with one attached hydrogen (secondary N) is 1. The second-order valence-electron chi connectivity index (χ2n) is 9.45. The Morgan fingerprint density at radius 3 is 2.63 bits per heavy atom. The van der Waals surface area contributed by atoms with Crippen molar-refractivity contribution in [2.75, 3.05) is 32.6 Å². The molecule has 0 spiro atoms. The van der Waals surface area contributed by atoms with Crippen LogP contribution in [0.15, 0.2) is 71.1 Å². The molecule has 2 aromatic carbocycles. The molecule has 0 fully saturated rings. The molecule has 6 rings (SSSR count). The number of fused-ring (bicyclic) bond motifs is 4. The van der Waals surface area contributed by atoms with Gasteiger partial charge in [0.2, 0.25) is 11.1 Å². The minimum atomic E-state index is -0.257. The number of ether oxygens (including phenoxy) is 1. The molecule has 0 aliphatic carbocycles. The number of rotatable bonds is 8. The van der Waals surface area contributed by atoms with E-state index in [9.17, 15) is 4.79 Å². The van der Waals surface area contributed by atoms with Gasteiger partial charge in [0.15, 0.2) is 11.3 Å². The molecule has 0 saturated carbocycles. The second kappa shape index (κ2) is 9.84. The summed E-state index contributed by atoms with van der Waals surface area (Å²) in [6.45, 7) is 3.78. The zero-order chi connectivity index (χ0) is 26.2. The van der Waals surface area contributed by atoms with Gasteiger partial charge in [-0.1, -0.05) is 19.1 Å². The summed E-state index contributed by atoms with van der Waals surface area (Å²) in [5.74, 6) is 1.58. The third-order valence-corrected chi connectivity index (χ3v) is 6.85. The van der Waals surface area contributed by atoms with Gasteiger partial charge in [0, 0.05) is 41.3 Å². The predicted octanol–water partition coefficient (Wildman–Crippen LogP) is 4.36. The number of aromatic nitrogens is 6. The molecule has 0 aliphatic rings. The fraction of sp³-hybridized carbons (Fsp3) is 0.222. The van der Waals surface area contributed by atoms with Gasteiger partial charge in [-0.3, -0.25) is 4.79 Å². The average Bonchev–Trinajstić information content (AvgIpc) is 3.54. The van der Waals surface area contributed by atoms with Gasteiger partial charge in [0.1, 0.15) is 11.1 Å². The standard InChI is InChI=1S/C27H26N8O2S/c1-17(15-33(2)3)16-37-19-10-8-18(9-11-19)30-26-29-14-21-23(32-26)31-24-20-6-4-5-7-22(20)34(35(24)25(21)36)27-28-12-13-38-27/h4-14,17H,15-16H2,1-3H3,(H,29,30,32). The number of para-hydroxylation sites is 1. The van der Waals surface area contributed by atoms with Gasteiger partial charge in [-0.05, 0) is 50.5 Å². The maximum atomic E-state index is 13.6. The summed E-state index contributed by atoms with van der Waals surface area (Å²) in [6, 6.07) is 15.4. The van der Waals surface area contributed by atoms with Crippen LogP contribution in [0, 0.1) is 5.92 Å². The zero-order valence-corrected chi connectivity index (χ0v) is 22.0. The van der Waals surface area contributed by atoms with Crippen molar-refractivity contribution < 1.29 is 4.74 Å². The molecule has 1 unspecified atom stereocenters. The summed E-state index contributed by atoms with van der Waals surface area (Å²) < 4.78 is 9.25. The quantitative estimate of drug-likeness (QED) is 0.312. The molecule has 10 nitrogen and oxygen atoms in total. The molecule has 0 radical (unpaired) electrons. The van der Waals surface area contributed by atoms with Gasteiger partial charge in [-0.25, -0.2) is 19.6 Å². The van der Waals surface area contributed by atoms with Crippen LogP contribution in [-0.4, -0.2) is 61.3 Å². The van der Waals surface area contributed by atoms with Crippen LogP contribution in [0.3, 0.4) is 0 Å². The molecule has 4 heterocycles. The van der Waals surface area contributed by atoms with Gasteiger partial charge < -0.3 is 15.0 Å². The summed E-state index contributed by atoms with van der Waals surface area (Å²) in [5, 5.41) is 6.92. The highest BCUT2D eigenvalue weighted by Crippen LogP contribution is 2.26. The molecular formula is C27H26N8O2S. The van der Waals surface area contributed by atoms with E-state index in [0.717, 1.165) is 28.9 Å². The molecule has 4 aromatic heterocycles. The van der Waals surface area contributed by atoms with Crippen LogP contribution in [-0.2, 0) is 0 Å². The molecule has 0 aliphatic heterocycles. The van der Waals surface area contributed by atoms with Crippen molar-refractivity contribution in [1.82, 2.24) is 34.0 Å². The summed E-state index contributed by atoms with van der Waals surface area (Å²) >= 11 is 1.45. The second-order valence-corrected chi connectivity index (χ2v) is 10.3. The minimum absolute atomic E-state index is 0.257. The molecule has 1 N–H and O–H groups in total. The average molecular weight is 527 g/mol. The maximum Gasteiger partial charge on any atom is 0.284 e. The molecule has 6 aromatic rings. The summed E-state index contributed by atoms with van der Waals surface area (Å²) in [6.07, 6.45) is 3.23. The number of hydrogen-bond acceptors (Lipinski definition) is 9. The van der Waals surface area contributed by atoms with Crippen molar-refractivity contribution >= 4 is 50.6 Å². The van der Waals surface area contributed by atoms with Crippen LogP contribution in [0.1, 0.15) is 6.92 Å². The highest BCUT2D eigenvalue weighted by Gasteiger charge is 2.19. The Labute approximate surface area is 222 Å². The molecule has 1 atom stereocenters. The summed E-state index contributed by atoms with van der Waals surface area (Å²) in [7, 11) is 4.11. The summed E-state index contributed by atoms with van der Waals surface area (Å²) in [5.41, 5.74) is 2.23. The van der Waals surface area contributed by atoms with Gasteiger partial charge in [0.25, 0.3) is 5.56 Å². The van der Waals surface area contributed by atoms with Crippen LogP contribution < -0.4 is 15.6 Å². The predicted molar refractivity (Wildman–Crippen MR) is 150 cm³/mol. The third-order valence-electron chi connectivity index (χ3n) is 6.10. The first-order valence-electron chi connectivity index (χ1n) is 12.2. The van der Waals surface area contributed by atoms with E-state index in [-0.39, 0.29) is 5.56 Å². The fourth-order valence-corrected chi connectivity index (χ4v) is 5.17. The van der Waals surface area contributed by atoms with Crippen molar-refractivity contribution in [3.63, 3.8) is 0 Å². The molecule has 38 heavy (non-hydrogen) atoms. The normalized spacial score (nSPS) is 12.5. The lowest BCUT2D eigenvalue weighted by Crippen LogP contribution is -2.24. The molecule has 0 amide bonds. The van der Waals surface area contributed by atoms with E-state index in [2.05, 4.69) is 46.2 Å². The van der Waals surface area contributed by atoms with E-state index in [0.29, 0.717) is 40.3 Å². The van der Waals surface area contributed by atoms with Crippen LogP contribution in [0.4, 0.5) is 11.6 Å². The molecule has 192 valence electrons. The zero-order valence-electron chi connectivity index (χ0n) is 21.2. The van der Waals surface area contributed by atoms with Crippen LogP contribution >= 0.6 is 11.3 Å². The lowest BCUT2D eigenvalue weighted by Gasteiger charge is -2.17. The first-order valence-corrected chi connectivity index (χ1v) is 13.1. The number of nitrogens with zero attached hydrogens (tertiary/aromatic N) is 7. The Bertz CT molecular complexity index is 1790. The highest BCUT2D eigenvalue weighted by molar-refractivity contribution is 7.12. The smallest absolute Gasteiger partial charge is 0.284 e. The number of thiazole rings is 1. The Morgan fingerprint density at radius 1 is 1.05 bits per heavy atom. The van der Waals surface area contributed by atoms with Gasteiger partial charge >= 0.3 is 0 Å². The number of hydrogen-bond donors (Lipinski definition) is 1. The Hall–Kier alpha value is -4.35. The van der Waals surface area contributed by atoms with E-state index in [1.165, 1.54) is 17.5 Å². The Balaban J connectivity index is 1.32. The Kier molecular flexibility index (Phi) is 6.22. The number of benzene rings is 2. The van der Waals surface area contributed by atoms with E-state index in [4.69, 9.17) is 9.72 Å².